The van der Waals surface area contributed by atoms with Gasteiger partial charge in [-0.15, -0.1) is 11.3 Å². The van der Waals surface area contributed by atoms with Crippen molar-refractivity contribution in [3.05, 3.63) is 33.5 Å². The van der Waals surface area contributed by atoms with E-state index >= 15 is 0 Å². The Labute approximate surface area is 147 Å². The number of piperazine rings is 1. The summed E-state index contributed by atoms with van der Waals surface area (Å²) in [5, 5.41) is 7.67. The van der Waals surface area contributed by atoms with E-state index in [1.165, 1.54) is 0 Å². The lowest BCUT2D eigenvalue weighted by Crippen LogP contribution is -2.48. The van der Waals surface area contributed by atoms with Crippen LogP contribution in [-0.4, -0.2) is 56.7 Å². The highest BCUT2D eigenvalue weighted by atomic mass is 32.1. The number of nitrogens with zero attached hydrogens (tertiary/aromatic N) is 5. The molecule has 3 rings (SSSR count). The van der Waals surface area contributed by atoms with Gasteiger partial charge in [-0.05, 0) is 19.4 Å². The standard InChI is InChI=1S/C17H25N5OS/c1-4-5-14-10-16(20(3)19-14)17(23)22-8-6-21(7-9-22)11-15-12-24-13(2)18-15/h10,12H,4-9,11H2,1-3H3. The SMILES string of the molecule is CCCc1cc(C(=O)N2CCN(Cc3csc(C)n3)CC2)n(C)n1. The predicted octanol–water partition coefficient (Wildman–Crippen LogP) is 2.10. The summed E-state index contributed by atoms with van der Waals surface area (Å²) in [7, 11) is 1.85. The highest BCUT2D eigenvalue weighted by Gasteiger charge is 2.24. The van der Waals surface area contributed by atoms with Gasteiger partial charge in [0.05, 0.1) is 16.4 Å². The summed E-state index contributed by atoms with van der Waals surface area (Å²) in [4.78, 5) is 21.6. The van der Waals surface area contributed by atoms with Gasteiger partial charge in [0, 0.05) is 45.2 Å². The van der Waals surface area contributed by atoms with Gasteiger partial charge in [0.15, 0.2) is 0 Å². The van der Waals surface area contributed by atoms with Crippen molar-refractivity contribution in [2.24, 2.45) is 7.05 Å². The molecule has 0 N–H and O–H groups in total. The van der Waals surface area contributed by atoms with Crippen molar-refractivity contribution < 1.29 is 4.79 Å². The molecule has 130 valence electrons. The van der Waals surface area contributed by atoms with Gasteiger partial charge in [-0.2, -0.15) is 5.10 Å². The molecular weight excluding hydrogens is 322 g/mol. The zero-order valence-corrected chi connectivity index (χ0v) is 15.5. The van der Waals surface area contributed by atoms with Gasteiger partial charge in [0.1, 0.15) is 5.69 Å². The molecule has 0 unspecified atom stereocenters. The summed E-state index contributed by atoms with van der Waals surface area (Å²) in [6.45, 7) is 8.33. The molecule has 0 spiro atoms. The summed E-state index contributed by atoms with van der Waals surface area (Å²) in [6, 6.07) is 1.94. The van der Waals surface area contributed by atoms with Crippen LogP contribution in [0.15, 0.2) is 11.4 Å². The first-order valence-electron chi connectivity index (χ1n) is 8.52. The first-order chi connectivity index (χ1) is 11.6. The zero-order valence-electron chi connectivity index (χ0n) is 14.7. The van der Waals surface area contributed by atoms with E-state index in [-0.39, 0.29) is 5.91 Å². The number of aryl methyl sites for hydroxylation is 3. The molecule has 1 aliphatic heterocycles. The maximum atomic E-state index is 12.7. The molecule has 2 aromatic rings. The zero-order chi connectivity index (χ0) is 17.1. The Kier molecular flexibility index (Phi) is 5.30. The fourth-order valence-corrected chi connectivity index (χ4v) is 3.69. The summed E-state index contributed by atoms with van der Waals surface area (Å²) in [5.74, 6) is 0.0940. The summed E-state index contributed by atoms with van der Waals surface area (Å²) < 4.78 is 1.72. The minimum atomic E-state index is 0.0940. The molecular formula is C17H25N5OS. The molecule has 0 atom stereocenters. The van der Waals surface area contributed by atoms with Crippen LogP contribution in [0.1, 0.15) is 40.2 Å². The molecule has 0 aliphatic carbocycles. The molecule has 0 radical (unpaired) electrons. The maximum Gasteiger partial charge on any atom is 0.272 e. The van der Waals surface area contributed by atoms with Crippen LogP contribution in [0.25, 0.3) is 0 Å². The second-order valence-corrected chi connectivity index (χ2v) is 7.38. The van der Waals surface area contributed by atoms with Gasteiger partial charge < -0.3 is 4.90 Å². The Balaban J connectivity index is 1.57. The van der Waals surface area contributed by atoms with E-state index in [4.69, 9.17) is 0 Å². The van der Waals surface area contributed by atoms with E-state index < -0.39 is 0 Å². The van der Waals surface area contributed by atoms with E-state index in [9.17, 15) is 4.79 Å². The third-order valence-corrected chi connectivity index (χ3v) is 5.19. The second kappa shape index (κ2) is 7.44. The minimum absolute atomic E-state index is 0.0940. The number of hydrogen-bond acceptors (Lipinski definition) is 5. The van der Waals surface area contributed by atoms with Crippen molar-refractivity contribution >= 4 is 17.2 Å². The second-order valence-electron chi connectivity index (χ2n) is 6.32. The van der Waals surface area contributed by atoms with Crippen LogP contribution in [0.4, 0.5) is 0 Å². The molecule has 24 heavy (non-hydrogen) atoms. The van der Waals surface area contributed by atoms with Crippen LogP contribution in [0.5, 0.6) is 0 Å². The lowest BCUT2D eigenvalue weighted by molar-refractivity contribution is 0.0616. The lowest BCUT2D eigenvalue weighted by Gasteiger charge is -2.34. The molecule has 3 heterocycles. The van der Waals surface area contributed by atoms with Crippen molar-refractivity contribution in [1.29, 1.82) is 0 Å². The quantitative estimate of drug-likeness (QED) is 0.831. The van der Waals surface area contributed by atoms with Gasteiger partial charge in [-0.3, -0.25) is 14.4 Å². The van der Waals surface area contributed by atoms with Crippen LogP contribution in [0.2, 0.25) is 0 Å². The van der Waals surface area contributed by atoms with Crippen LogP contribution in [0, 0.1) is 6.92 Å². The molecule has 1 aliphatic rings. The maximum absolute atomic E-state index is 12.7. The molecule has 0 bridgehead atoms. The Morgan fingerprint density at radius 3 is 2.62 bits per heavy atom. The Morgan fingerprint density at radius 2 is 2.00 bits per heavy atom. The number of carbonyl (C=O) groups excluding carboxylic acids is 1. The number of amides is 1. The smallest absolute Gasteiger partial charge is 0.272 e. The van der Waals surface area contributed by atoms with Crippen LogP contribution < -0.4 is 0 Å². The van der Waals surface area contributed by atoms with E-state index in [1.54, 1.807) is 16.0 Å². The van der Waals surface area contributed by atoms with Crippen molar-refractivity contribution in [2.75, 3.05) is 26.2 Å². The Hall–Kier alpha value is -1.73. The van der Waals surface area contributed by atoms with Crippen LogP contribution in [0.3, 0.4) is 0 Å². The molecule has 1 amide bonds. The van der Waals surface area contributed by atoms with Crippen molar-refractivity contribution in [1.82, 2.24) is 24.6 Å². The van der Waals surface area contributed by atoms with Crippen molar-refractivity contribution in [2.45, 2.75) is 33.2 Å². The van der Waals surface area contributed by atoms with Gasteiger partial charge in [-0.25, -0.2) is 4.98 Å². The summed E-state index contributed by atoms with van der Waals surface area (Å²) in [6.07, 6.45) is 1.96. The molecule has 6 nitrogen and oxygen atoms in total. The predicted molar refractivity (Wildman–Crippen MR) is 95.2 cm³/mol. The highest BCUT2D eigenvalue weighted by Crippen LogP contribution is 2.14. The average Bonchev–Trinajstić information content (AvgIpc) is 3.13. The molecule has 7 heteroatoms. The largest absolute Gasteiger partial charge is 0.335 e. The van der Waals surface area contributed by atoms with E-state index in [1.807, 2.05) is 24.9 Å². The van der Waals surface area contributed by atoms with Crippen LogP contribution in [-0.2, 0) is 20.0 Å². The number of carbonyl (C=O) groups is 1. The minimum Gasteiger partial charge on any atom is -0.335 e. The van der Waals surface area contributed by atoms with E-state index in [2.05, 4.69) is 27.3 Å². The average molecular weight is 347 g/mol. The number of hydrogen-bond donors (Lipinski definition) is 0. The lowest BCUT2D eigenvalue weighted by atomic mass is 10.2. The monoisotopic (exact) mass is 347 g/mol. The molecule has 2 aromatic heterocycles. The molecule has 0 saturated carbocycles. The van der Waals surface area contributed by atoms with Gasteiger partial charge in [0.25, 0.3) is 5.91 Å². The first kappa shape index (κ1) is 17.1. The fourth-order valence-electron chi connectivity index (χ4n) is 3.09. The van der Waals surface area contributed by atoms with E-state index in [0.717, 1.165) is 62.0 Å². The molecule has 1 saturated heterocycles. The third kappa shape index (κ3) is 3.84. The van der Waals surface area contributed by atoms with Crippen molar-refractivity contribution in [3.8, 4) is 0 Å². The van der Waals surface area contributed by atoms with Crippen molar-refractivity contribution in [3.63, 3.8) is 0 Å². The first-order valence-corrected chi connectivity index (χ1v) is 9.40. The fraction of sp³-hybridized carbons (Fsp3) is 0.588. The topological polar surface area (TPSA) is 54.3 Å². The van der Waals surface area contributed by atoms with Gasteiger partial charge >= 0.3 is 0 Å². The molecule has 0 aromatic carbocycles. The normalized spacial score (nSPS) is 15.9. The van der Waals surface area contributed by atoms with E-state index in [0.29, 0.717) is 5.69 Å². The highest BCUT2D eigenvalue weighted by molar-refractivity contribution is 7.09. The Bertz CT molecular complexity index is 700. The summed E-state index contributed by atoms with van der Waals surface area (Å²) >= 11 is 1.69. The summed E-state index contributed by atoms with van der Waals surface area (Å²) in [5.41, 5.74) is 2.83. The van der Waals surface area contributed by atoms with Crippen LogP contribution >= 0.6 is 11.3 Å². The Morgan fingerprint density at radius 1 is 1.25 bits per heavy atom. The van der Waals surface area contributed by atoms with Gasteiger partial charge in [0.2, 0.25) is 0 Å². The third-order valence-electron chi connectivity index (χ3n) is 4.37. The number of thiazole rings is 1. The number of aromatic nitrogens is 3. The molecule has 1 fully saturated rings. The number of rotatable bonds is 5. The van der Waals surface area contributed by atoms with Gasteiger partial charge in [-0.1, -0.05) is 13.3 Å².